The van der Waals surface area contributed by atoms with E-state index in [2.05, 4.69) is 23.8 Å². The van der Waals surface area contributed by atoms with Crippen LogP contribution in [0.3, 0.4) is 0 Å². The van der Waals surface area contributed by atoms with Gasteiger partial charge in [-0.3, -0.25) is 0 Å². The summed E-state index contributed by atoms with van der Waals surface area (Å²) in [6.07, 6.45) is 9.75. The molecular weight excluding hydrogens is 376 g/mol. The number of nitrogens with zero attached hydrogens (tertiary/aromatic N) is 1. The quantitative estimate of drug-likeness (QED) is 0.444. The summed E-state index contributed by atoms with van der Waals surface area (Å²) in [5.74, 6) is 8.25. The first-order valence-corrected chi connectivity index (χ1v) is 9.99. The van der Waals surface area contributed by atoms with E-state index in [0.29, 0.717) is 22.8 Å². The van der Waals surface area contributed by atoms with Crippen LogP contribution < -0.4 is 0 Å². The highest BCUT2D eigenvalue weighted by Gasteiger charge is 2.21. The third-order valence-corrected chi connectivity index (χ3v) is 5.84. The first-order valence-electron chi connectivity index (χ1n) is 9.99. The maximum Gasteiger partial charge on any atom is 0.146 e. The van der Waals surface area contributed by atoms with E-state index in [9.17, 15) is 8.78 Å². The van der Waals surface area contributed by atoms with Gasteiger partial charge in [-0.15, -0.1) is 12.3 Å². The maximum absolute atomic E-state index is 15.0. The number of benzene rings is 3. The molecule has 1 nitrogen and oxygen atoms in total. The fraction of sp³-hybridized carbons (Fsp3) is 0.222. The van der Waals surface area contributed by atoms with Gasteiger partial charge in [0.05, 0.1) is 11.1 Å². The predicted octanol–water partition coefficient (Wildman–Crippen LogP) is 6.30. The van der Waals surface area contributed by atoms with Gasteiger partial charge in [0.15, 0.2) is 0 Å². The first kappa shape index (κ1) is 19.7. The van der Waals surface area contributed by atoms with Crippen molar-refractivity contribution in [2.75, 3.05) is 0 Å². The molecule has 0 saturated heterocycles. The molecule has 0 radical (unpaired) electrons. The van der Waals surface area contributed by atoms with Gasteiger partial charge in [-0.1, -0.05) is 36.1 Å². The van der Waals surface area contributed by atoms with E-state index in [4.69, 9.17) is 11.7 Å². The summed E-state index contributed by atoms with van der Waals surface area (Å²) in [4.78, 5) is 0. The highest BCUT2D eigenvalue weighted by atomic mass is 19.1. The van der Waals surface area contributed by atoms with Crippen LogP contribution in [0.5, 0.6) is 0 Å². The molecule has 1 aliphatic rings. The van der Waals surface area contributed by atoms with Crippen molar-refractivity contribution in [2.45, 2.75) is 31.6 Å². The van der Waals surface area contributed by atoms with E-state index in [1.54, 1.807) is 18.2 Å². The second-order valence-electron chi connectivity index (χ2n) is 7.68. The molecular formula is C27H19F2N. The number of terminal acetylenes is 1. The molecule has 0 aromatic heterocycles. The molecule has 0 aliphatic heterocycles. The Morgan fingerprint density at radius 1 is 0.867 bits per heavy atom. The summed E-state index contributed by atoms with van der Waals surface area (Å²) in [7, 11) is 0. The molecule has 1 aliphatic carbocycles. The van der Waals surface area contributed by atoms with Gasteiger partial charge in [-0.05, 0) is 66.8 Å². The van der Waals surface area contributed by atoms with E-state index in [1.807, 2.05) is 18.2 Å². The predicted molar refractivity (Wildman–Crippen MR) is 115 cm³/mol. The summed E-state index contributed by atoms with van der Waals surface area (Å²) in [5, 5.41) is 10.2. The van der Waals surface area contributed by atoms with Crippen LogP contribution in [0.2, 0.25) is 0 Å². The second-order valence-corrected chi connectivity index (χ2v) is 7.68. The molecule has 3 heteroatoms. The van der Waals surface area contributed by atoms with Crippen LogP contribution in [0.15, 0.2) is 48.5 Å². The number of hydrogen-bond donors (Lipinski definition) is 0. The van der Waals surface area contributed by atoms with Gasteiger partial charge in [0.1, 0.15) is 17.7 Å². The van der Waals surface area contributed by atoms with Crippen LogP contribution in [-0.4, -0.2) is 0 Å². The Morgan fingerprint density at radius 2 is 1.63 bits per heavy atom. The Morgan fingerprint density at radius 3 is 2.33 bits per heavy atom. The fourth-order valence-electron chi connectivity index (χ4n) is 4.08. The molecule has 1 saturated carbocycles. The van der Waals surface area contributed by atoms with Crippen LogP contribution in [0.4, 0.5) is 8.78 Å². The van der Waals surface area contributed by atoms with Gasteiger partial charge in [0.2, 0.25) is 0 Å². The minimum absolute atomic E-state index is 0.0407. The van der Waals surface area contributed by atoms with Crippen molar-refractivity contribution in [3.63, 3.8) is 0 Å². The molecule has 0 heterocycles. The van der Waals surface area contributed by atoms with Crippen LogP contribution in [-0.2, 0) is 0 Å². The van der Waals surface area contributed by atoms with E-state index >= 15 is 0 Å². The minimum Gasteiger partial charge on any atom is -0.206 e. The first-order chi connectivity index (χ1) is 14.6. The van der Waals surface area contributed by atoms with Gasteiger partial charge in [0, 0.05) is 16.9 Å². The molecule has 146 valence electrons. The molecule has 0 unspecified atom stereocenters. The molecule has 0 amide bonds. The van der Waals surface area contributed by atoms with Crippen molar-refractivity contribution in [2.24, 2.45) is 5.92 Å². The molecule has 0 bridgehead atoms. The number of rotatable bonds is 1. The van der Waals surface area contributed by atoms with Crippen molar-refractivity contribution in [1.29, 1.82) is 5.26 Å². The number of hydrogen-bond acceptors (Lipinski definition) is 1. The average Bonchev–Trinajstić information content (AvgIpc) is 2.78. The zero-order valence-electron chi connectivity index (χ0n) is 16.4. The number of halogens is 2. The van der Waals surface area contributed by atoms with E-state index < -0.39 is 5.82 Å². The molecule has 3 aromatic rings. The van der Waals surface area contributed by atoms with Crippen LogP contribution in [0.1, 0.15) is 53.9 Å². The van der Waals surface area contributed by atoms with Crippen LogP contribution in [0, 0.1) is 53.1 Å². The van der Waals surface area contributed by atoms with E-state index in [-0.39, 0.29) is 16.9 Å². The third-order valence-electron chi connectivity index (χ3n) is 5.84. The van der Waals surface area contributed by atoms with E-state index in [0.717, 1.165) is 31.1 Å². The highest BCUT2D eigenvalue weighted by molar-refractivity contribution is 5.85. The Hall–Kier alpha value is -3.61. The molecule has 0 atom stereocenters. The summed E-state index contributed by atoms with van der Waals surface area (Å²) in [6, 6.07) is 15.3. The summed E-state index contributed by atoms with van der Waals surface area (Å²) in [6.45, 7) is 0. The van der Waals surface area contributed by atoms with Crippen molar-refractivity contribution in [1.82, 2.24) is 0 Å². The van der Waals surface area contributed by atoms with Gasteiger partial charge in [-0.2, -0.15) is 5.26 Å². The van der Waals surface area contributed by atoms with Crippen molar-refractivity contribution >= 4 is 10.8 Å². The maximum atomic E-state index is 15.0. The zero-order valence-corrected chi connectivity index (χ0v) is 16.4. The number of fused-ring (bicyclic) bond motifs is 1. The molecule has 30 heavy (non-hydrogen) atoms. The molecule has 0 spiro atoms. The number of nitriles is 1. The Labute approximate surface area is 175 Å². The summed E-state index contributed by atoms with van der Waals surface area (Å²) in [5.41, 5.74) is 1.84. The smallest absolute Gasteiger partial charge is 0.146 e. The standard InChI is InChI=1S/C27H19F2N/c1-2-18-3-7-20(8-4-18)22-13-14-25-23(16-22)12-11-21(27(25)29)9-5-19-6-10-24(17-30)26(28)15-19/h1,6,10-16,18,20H,3-4,7-8H2. The SMILES string of the molecule is C#CC1CCC(c2ccc3c(F)c(C#Cc4ccc(C#N)c(F)c4)ccc3c2)CC1. The lowest BCUT2D eigenvalue weighted by Gasteiger charge is -2.26. The summed E-state index contributed by atoms with van der Waals surface area (Å²) >= 11 is 0. The molecule has 3 aromatic carbocycles. The van der Waals surface area contributed by atoms with Crippen molar-refractivity contribution < 1.29 is 8.78 Å². The monoisotopic (exact) mass is 395 g/mol. The Bertz CT molecular complexity index is 1260. The second kappa shape index (κ2) is 8.41. The molecule has 0 N–H and O–H groups in total. The average molecular weight is 395 g/mol. The van der Waals surface area contributed by atoms with Gasteiger partial charge < -0.3 is 0 Å². The Balaban J connectivity index is 1.60. The summed E-state index contributed by atoms with van der Waals surface area (Å²) < 4.78 is 28.7. The van der Waals surface area contributed by atoms with Crippen LogP contribution >= 0.6 is 0 Å². The lowest BCUT2D eigenvalue weighted by atomic mass is 9.78. The zero-order chi connectivity index (χ0) is 21.1. The van der Waals surface area contributed by atoms with Gasteiger partial charge in [0.25, 0.3) is 0 Å². The van der Waals surface area contributed by atoms with E-state index in [1.165, 1.54) is 17.7 Å². The normalized spacial score (nSPS) is 18.1. The largest absolute Gasteiger partial charge is 0.206 e. The highest BCUT2D eigenvalue weighted by Crippen LogP contribution is 2.36. The fourth-order valence-corrected chi connectivity index (χ4v) is 4.08. The van der Waals surface area contributed by atoms with Gasteiger partial charge >= 0.3 is 0 Å². The third kappa shape index (κ3) is 3.91. The molecule has 1 fully saturated rings. The molecule has 4 rings (SSSR count). The van der Waals surface area contributed by atoms with Gasteiger partial charge in [-0.25, -0.2) is 8.78 Å². The Kier molecular flexibility index (Phi) is 5.52. The minimum atomic E-state index is -0.632. The lowest BCUT2D eigenvalue weighted by Crippen LogP contribution is -2.11. The lowest BCUT2D eigenvalue weighted by molar-refractivity contribution is 0.385. The van der Waals surface area contributed by atoms with Crippen molar-refractivity contribution in [3.8, 4) is 30.3 Å². The van der Waals surface area contributed by atoms with Crippen LogP contribution in [0.25, 0.3) is 10.8 Å². The topological polar surface area (TPSA) is 23.8 Å². The van der Waals surface area contributed by atoms with Crippen molar-refractivity contribution in [3.05, 3.63) is 82.4 Å².